The van der Waals surface area contributed by atoms with Gasteiger partial charge in [0.25, 0.3) is 0 Å². The predicted octanol–water partition coefficient (Wildman–Crippen LogP) is 0.198. The molecule has 4 heteroatoms. The number of nitrogens with one attached hydrogen (secondary N) is 2. The number of hydrogen-bond donors (Lipinski definition) is 3. The lowest BCUT2D eigenvalue weighted by atomic mass is 9.95. The Kier molecular flexibility index (Phi) is 3.76. The lowest BCUT2D eigenvalue weighted by Crippen LogP contribution is -2.48. The molecule has 2 rings (SSSR count). The molecule has 1 aliphatic heterocycles. The number of fused-ring (bicyclic) bond motifs is 1. The van der Waals surface area contributed by atoms with E-state index < -0.39 is 6.10 Å². The summed E-state index contributed by atoms with van der Waals surface area (Å²) >= 11 is 0. The summed E-state index contributed by atoms with van der Waals surface area (Å²) in [5.41, 5.74) is 2.48. The maximum atomic E-state index is 11.8. The van der Waals surface area contributed by atoms with Gasteiger partial charge in [-0.3, -0.25) is 4.79 Å². The monoisotopic (exact) mass is 234 g/mol. The number of carbonyl (C=O) groups is 1. The van der Waals surface area contributed by atoms with Gasteiger partial charge in [0.1, 0.15) is 0 Å². The minimum Gasteiger partial charge on any atom is -0.392 e. The smallest absolute Gasteiger partial charge is 0.237 e. The van der Waals surface area contributed by atoms with E-state index in [1.807, 2.05) is 12.1 Å². The molecule has 0 aromatic heterocycles. The average molecular weight is 234 g/mol. The number of aliphatic hydroxyl groups excluding tert-OH is 1. The second kappa shape index (κ2) is 5.29. The lowest BCUT2D eigenvalue weighted by molar-refractivity contribution is -0.123. The van der Waals surface area contributed by atoms with Crippen molar-refractivity contribution in [1.82, 2.24) is 10.6 Å². The number of hydrogen-bond acceptors (Lipinski definition) is 3. The summed E-state index contributed by atoms with van der Waals surface area (Å²) in [4.78, 5) is 11.8. The molecule has 1 aromatic rings. The van der Waals surface area contributed by atoms with Gasteiger partial charge in [0.05, 0.1) is 12.1 Å². The van der Waals surface area contributed by atoms with Crippen LogP contribution < -0.4 is 10.6 Å². The molecule has 3 N–H and O–H groups in total. The van der Waals surface area contributed by atoms with Gasteiger partial charge in [-0.15, -0.1) is 0 Å². The van der Waals surface area contributed by atoms with Crippen LogP contribution in [0, 0.1) is 0 Å². The Balaban J connectivity index is 1.95. The first-order valence-electron chi connectivity index (χ1n) is 5.93. The average Bonchev–Trinajstić information content (AvgIpc) is 2.35. The molecule has 0 bridgehead atoms. The predicted molar refractivity (Wildman–Crippen MR) is 65.5 cm³/mol. The van der Waals surface area contributed by atoms with Crippen molar-refractivity contribution >= 4 is 5.91 Å². The van der Waals surface area contributed by atoms with Crippen molar-refractivity contribution in [1.29, 1.82) is 0 Å². The highest BCUT2D eigenvalue weighted by atomic mass is 16.3. The third-order valence-electron chi connectivity index (χ3n) is 2.97. The van der Waals surface area contributed by atoms with Crippen LogP contribution in [0.4, 0.5) is 0 Å². The van der Waals surface area contributed by atoms with Gasteiger partial charge in [-0.05, 0) is 24.5 Å². The SMILES string of the molecule is CC(O)CNC(=O)[C@@H]1Cc2ccccc2CN1. The molecule has 4 nitrogen and oxygen atoms in total. The number of rotatable bonds is 3. The lowest BCUT2D eigenvalue weighted by Gasteiger charge is -2.25. The second-order valence-electron chi connectivity index (χ2n) is 4.50. The van der Waals surface area contributed by atoms with Gasteiger partial charge in [0, 0.05) is 13.1 Å². The van der Waals surface area contributed by atoms with Gasteiger partial charge in [-0.1, -0.05) is 24.3 Å². The van der Waals surface area contributed by atoms with Crippen LogP contribution in [-0.4, -0.2) is 29.7 Å². The molecule has 2 atom stereocenters. The molecule has 0 spiro atoms. The van der Waals surface area contributed by atoms with Crippen molar-refractivity contribution in [3.8, 4) is 0 Å². The van der Waals surface area contributed by atoms with Crippen LogP contribution in [0.3, 0.4) is 0 Å². The largest absolute Gasteiger partial charge is 0.392 e. The van der Waals surface area contributed by atoms with Crippen molar-refractivity contribution in [3.05, 3.63) is 35.4 Å². The maximum Gasteiger partial charge on any atom is 0.237 e. The molecular formula is C13H18N2O2. The van der Waals surface area contributed by atoms with E-state index in [-0.39, 0.29) is 11.9 Å². The van der Waals surface area contributed by atoms with Crippen LogP contribution in [0.1, 0.15) is 18.1 Å². The van der Waals surface area contributed by atoms with Crippen molar-refractivity contribution in [2.75, 3.05) is 6.54 Å². The fourth-order valence-corrected chi connectivity index (χ4v) is 2.01. The summed E-state index contributed by atoms with van der Waals surface area (Å²) in [7, 11) is 0. The summed E-state index contributed by atoms with van der Waals surface area (Å²) in [6.45, 7) is 2.69. The van der Waals surface area contributed by atoms with Crippen LogP contribution >= 0.6 is 0 Å². The van der Waals surface area contributed by atoms with E-state index in [1.165, 1.54) is 11.1 Å². The minimum absolute atomic E-state index is 0.0413. The maximum absolute atomic E-state index is 11.8. The topological polar surface area (TPSA) is 61.4 Å². The minimum atomic E-state index is -0.505. The van der Waals surface area contributed by atoms with Crippen LogP contribution in [-0.2, 0) is 17.8 Å². The zero-order valence-electron chi connectivity index (χ0n) is 9.94. The van der Waals surface area contributed by atoms with Gasteiger partial charge in [0.15, 0.2) is 0 Å². The number of carbonyl (C=O) groups excluding carboxylic acids is 1. The van der Waals surface area contributed by atoms with Crippen molar-refractivity contribution < 1.29 is 9.90 Å². The van der Waals surface area contributed by atoms with Crippen molar-refractivity contribution in [2.24, 2.45) is 0 Å². The molecule has 1 unspecified atom stereocenters. The summed E-state index contributed by atoms with van der Waals surface area (Å²) in [6, 6.07) is 7.95. The Morgan fingerprint density at radius 3 is 2.94 bits per heavy atom. The summed E-state index contributed by atoms with van der Waals surface area (Å²) < 4.78 is 0. The zero-order chi connectivity index (χ0) is 12.3. The Morgan fingerprint density at radius 1 is 1.53 bits per heavy atom. The molecule has 1 amide bonds. The molecule has 0 radical (unpaired) electrons. The fourth-order valence-electron chi connectivity index (χ4n) is 2.01. The highest BCUT2D eigenvalue weighted by Gasteiger charge is 2.23. The first-order chi connectivity index (χ1) is 8.16. The van der Waals surface area contributed by atoms with E-state index in [9.17, 15) is 4.79 Å². The Hall–Kier alpha value is -1.39. The van der Waals surface area contributed by atoms with E-state index in [0.717, 1.165) is 6.54 Å². The molecule has 17 heavy (non-hydrogen) atoms. The molecule has 0 saturated carbocycles. The van der Waals surface area contributed by atoms with Crippen LogP contribution in [0.25, 0.3) is 0 Å². The Morgan fingerprint density at radius 2 is 2.24 bits per heavy atom. The molecular weight excluding hydrogens is 216 g/mol. The van der Waals surface area contributed by atoms with Gasteiger partial charge in [-0.25, -0.2) is 0 Å². The second-order valence-corrected chi connectivity index (χ2v) is 4.50. The van der Waals surface area contributed by atoms with Gasteiger partial charge >= 0.3 is 0 Å². The molecule has 0 aliphatic carbocycles. The highest BCUT2D eigenvalue weighted by molar-refractivity contribution is 5.82. The summed E-state index contributed by atoms with van der Waals surface area (Å²) in [5, 5.41) is 15.1. The van der Waals surface area contributed by atoms with E-state index in [0.29, 0.717) is 13.0 Å². The quantitative estimate of drug-likeness (QED) is 0.700. The van der Waals surface area contributed by atoms with E-state index >= 15 is 0 Å². The van der Waals surface area contributed by atoms with Crippen molar-refractivity contribution in [3.63, 3.8) is 0 Å². The van der Waals surface area contributed by atoms with Crippen molar-refractivity contribution in [2.45, 2.75) is 32.0 Å². The molecule has 1 aromatic carbocycles. The van der Waals surface area contributed by atoms with Crippen LogP contribution in [0.15, 0.2) is 24.3 Å². The highest BCUT2D eigenvalue weighted by Crippen LogP contribution is 2.16. The first-order valence-corrected chi connectivity index (χ1v) is 5.93. The van der Waals surface area contributed by atoms with Crippen LogP contribution in [0.2, 0.25) is 0 Å². The molecule has 0 fully saturated rings. The van der Waals surface area contributed by atoms with Gasteiger partial charge in [-0.2, -0.15) is 0 Å². The standard InChI is InChI=1S/C13H18N2O2/c1-9(16)7-15-13(17)12-6-10-4-2-3-5-11(10)8-14-12/h2-5,9,12,14,16H,6-8H2,1H3,(H,15,17)/t9?,12-/m0/s1. The molecule has 0 saturated heterocycles. The number of amides is 1. The van der Waals surface area contributed by atoms with Crippen LogP contribution in [0.5, 0.6) is 0 Å². The zero-order valence-corrected chi connectivity index (χ0v) is 9.94. The molecule has 92 valence electrons. The number of aliphatic hydroxyl groups is 1. The third-order valence-corrected chi connectivity index (χ3v) is 2.97. The molecule has 1 aliphatic rings. The Labute approximate surface area is 101 Å². The van der Waals surface area contributed by atoms with Gasteiger partial charge in [0.2, 0.25) is 5.91 Å². The molecule has 1 heterocycles. The summed E-state index contributed by atoms with van der Waals surface area (Å²) in [6.07, 6.45) is 0.205. The fraction of sp³-hybridized carbons (Fsp3) is 0.462. The summed E-state index contributed by atoms with van der Waals surface area (Å²) in [5.74, 6) is -0.0413. The van der Waals surface area contributed by atoms with E-state index in [4.69, 9.17) is 5.11 Å². The van der Waals surface area contributed by atoms with E-state index in [1.54, 1.807) is 6.92 Å². The van der Waals surface area contributed by atoms with E-state index in [2.05, 4.69) is 22.8 Å². The van der Waals surface area contributed by atoms with Gasteiger partial charge < -0.3 is 15.7 Å². The first kappa shape index (κ1) is 12.1. The Bertz CT molecular complexity index is 404. The third kappa shape index (κ3) is 3.05. The normalized spacial score (nSPS) is 20.5. The number of benzene rings is 1.